The third kappa shape index (κ3) is 6.93. The summed E-state index contributed by atoms with van der Waals surface area (Å²) in [5, 5.41) is 40.1. The minimum atomic E-state index is -2.25. The lowest BCUT2D eigenvalue weighted by atomic mass is 9.97. The first-order valence-corrected chi connectivity index (χ1v) is 10.2. The van der Waals surface area contributed by atoms with E-state index in [1.165, 1.54) is 13.8 Å². The van der Waals surface area contributed by atoms with E-state index in [9.17, 15) is 25.2 Å². The molecule has 0 aromatic heterocycles. The maximum Gasteiger partial charge on any atom is 0.298 e. The third-order valence-corrected chi connectivity index (χ3v) is 5.17. The molecule has 0 saturated heterocycles. The number of Topliss-reactive ketones (excluding diaryl/α,β-unsaturated/α-hetero) is 1. The number of rotatable bonds is 11. The van der Waals surface area contributed by atoms with E-state index in [1.807, 2.05) is 51.2 Å². The van der Waals surface area contributed by atoms with Crippen LogP contribution in [-0.4, -0.2) is 50.3 Å². The van der Waals surface area contributed by atoms with E-state index in [1.54, 1.807) is 0 Å². The number of ketones is 1. The summed E-state index contributed by atoms with van der Waals surface area (Å²) in [7, 11) is 0. The summed E-state index contributed by atoms with van der Waals surface area (Å²) in [6, 6.07) is 0. The minimum Gasteiger partial charge on any atom is -0.456 e. The van der Waals surface area contributed by atoms with Gasteiger partial charge in [0.05, 0.1) is 12.2 Å². The highest BCUT2D eigenvalue weighted by molar-refractivity contribution is 6.03. The van der Waals surface area contributed by atoms with E-state index >= 15 is 0 Å². The maximum atomic E-state index is 12.1. The molecule has 0 aromatic carbocycles. The van der Waals surface area contributed by atoms with Crippen molar-refractivity contribution < 1.29 is 30.0 Å². The van der Waals surface area contributed by atoms with Crippen LogP contribution in [0.4, 0.5) is 0 Å². The lowest BCUT2D eigenvalue weighted by Gasteiger charge is -2.25. The van der Waals surface area contributed by atoms with Crippen molar-refractivity contribution in [2.75, 3.05) is 0 Å². The normalized spacial score (nSPS) is 25.0. The van der Waals surface area contributed by atoms with Crippen LogP contribution in [0.3, 0.4) is 0 Å². The van der Waals surface area contributed by atoms with E-state index in [4.69, 9.17) is 4.74 Å². The number of hydrogen-bond acceptors (Lipinski definition) is 6. The van der Waals surface area contributed by atoms with E-state index in [0.29, 0.717) is 12.8 Å². The van der Waals surface area contributed by atoms with Crippen LogP contribution in [0.2, 0.25) is 0 Å². The lowest BCUT2D eigenvalue weighted by Crippen LogP contribution is -2.47. The Bertz CT molecular complexity index is 673. The van der Waals surface area contributed by atoms with Gasteiger partial charge < -0.3 is 25.2 Å². The molecule has 0 saturated carbocycles. The molecule has 0 aliphatic carbocycles. The number of ether oxygens (including phenoxy) is 1. The molecule has 1 aliphatic rings. The van der Waals surface area contributed by atoms with E-state index in [-0.39, 0.29) is 23.7 Å². The molecule has 1 aliphatic heterocycles. The molecule has 5 atom stereocenters. The average Bonchev–Trinajstić information content (AvgIpc) is 2.88. The summed E-state index contributed by atoms with van der Waals surface area (Å²) in [4.78, 5) is 12.1. The highest BCUT2D eigenvalue weighted by atomic mass is 16.6. The molecule has 0 aromatic rings. The van der Waals surface area contributed by atoms with Gasteiger partial charge in [-0.2, -0.15) is 0 Å². The van der Waals surface area contributed by atoms with Gasteiger partial charge in [-0.3, -0.25) is 4.79 Å². The first-order valence-electron chi connectivity index (χ1n) is 10.2. The fourth-order valence-corrected chi connectivity index (χ4v) is 3.16. The smallest absolute Gasteiger partial charge is 0.298 e. The van der Waals surface area contributed by atoms with Gasteiger partial charge in [0.25, 0.3) is 5.79 Å². The Morgan fingerprint density at radius 3 is 2.41 bits per heavy atom. The van der Waals surface area contributed by atoms with Crippen molar-refractivity contribution in [2.24, 2.45) is 5.92 Å². The third-order valence-electron chi connectivity index (χ3n) is 5.17. The Hall–Kier alpha value is -1.73. The number of carbonyl (C=O) groups excluding carboxylic acids is 1. The van der Waals surface area contributed by atoms with Crippen molar-refractivity contribution in [3.05, 3.63) is 47.3 Å². The van der Waals surface area contributed by atoms with Crippen molar-refractivity contribution in [1.82, 2.24) is 0 Å². The quantitative estimate of drug-likeness (QED) is 0.309. The highest BCUT2D eigenvalue weighted by Gasteiger charge is 2.50. The molecule has 6 nitrogen and oxygen atoms in total. The molecule has 6 heteroatoms. The molecule has 0 radical (unpaired) electrons. The van der Waals surface area contributed by atoms with Crippen LogP contribution in [0.25, 0.3) is 0 Å². The van der Waals surface area contributed by atoms with Gasteiger partial charge in [-0.15, -0.1) is 0 Å². The molecule has 0 amide bonds. The molecular weight excluding hydrogens is 372 g/mol. The van der Waals surface area contributed by atoms with Crippen LogP contribution < -0.4 is 0 Å². The second kappa shape index (κ2) is 11.5. The molecule has 29 heavy (non-hydrogen) atoms. The topological polar surface area (TPSA) is 107 Å². The van der Waals surface area contributed by atoms with Crippen molar-refractivity contribution in [3.8, 4) is 0 Å². The van der Waals surface area contributed by atoms with Crippen LogP contribution in [-0.2, 0) is 9.53 Å². The lowest BCUT2D eigenvalue weighted by molar-refractivity contribution is -0.213. The van der Waals surface area contributed by atoms with Crippen LogP contribution in [0.5, 0.6) is 0 Å². The fraction of sp³-hybridized carbons (Fsp3) is 0.609. The van der Waals surface area contributed by atoms with Gasteiger partial charge >= 0.3 is 0 Å². The number of hydrogen-bond donors (Lipinski definition) is 4. The van der Waals surface area contributed by atoms with Gasteiger partial charge in [-0.05, 0) is 45.6 Å². The SMILES string of the molecule is CC/C=C(\C)C(O)C(C)/C=C/C=C/CCC(O)CC1=C(C)C(=O)C(O)(C(C)O)O1. The highest BCUT2D eigenvalue weighted by Crippen LogP contribution is 2.34. The van der Waals surface area contributed by atoms with Gasteiger partial charge in [0.2, 0.25) is 5.78 Å². The Morgan fingerprint density at radius 1 is 1.21 bits per heavy atom. The summed E-state index contributed by atoms with van der Waals surface area (Å²) < 4.78 is 5.25. The van der Waals surface area contributed by atoms with E-state index in [0.717, 1.165) is 12.0 Å². The molecule has 1 heterocycles. The first kappa shape index (κ1) is 25.3. The number of allylic oxidation sites excluding steroid dienone is 4. The molecule has 5 unspecified atom stereocenters. The van der Waals surface area contributed by atoms with E-state index < -0.39 is 29.9 Å². The zero-order chi connectivity index (χ0) is 22.2. The standard InChI is InChI=1S/C23H36O6/c1-6-11-15(2)21(26)16(3)12-9-7-8-10-13-19(25)14-20-17(4)22(27)23(28,29-20)18(5)24/h7-9,11-12,16,18-19,21,24-26,28H,6,10,13-14H2,1-5H3/b8-7+,12-9+,15-11+. The molecule has 0 spiro atoms. The summed E-state index contributed by atoms with van der Waals surface area (Å²) in [5.74, 6) is -2.70. The van der Waals surface area contributed by atoms with Crippen molar-refractivity contribution in [2.45, 2.75) is 84.4 Å². The van der Waals surface area contributed by atoms with Crippen molar-refractivity contribution in [1.29, 1.82) is 0 Å². The second-order valence-corrected chi connectivity index (χ2v) is 7.76. The van der Waals surface area contributed by atoms with E-state index in [2.05, 4.69) is 0 Å². The van der Waals surface area contributed by atoms with Gasteiger partial charge in [-0.25, -0.2) is 0 Å². The van der Waals surface area contributed by atoms with Crippen molar-refractivity contribution >= 4 is 5.78 Å². The van der Waals surface area contributed by atoms with Crippen LogP contribution >= 0.6 is 0 Å². The Labute approximate surface area is 173 Å². The van der Waals surface area contributed by atoms with Crippen LogP contribution in [0.15, 0.2) is 47.3 Å². The summed E-state index contributed by atoms with van der Waals surface area (Å²) in [6.45, 7) is 8.72. The van der Waals surface area contributed by atoms with Crippen molar-refractivity contribution in [3.63, 3.8) is 0 Å². The van der Waals surface area contributed by atoms with Crippen LogP contribution in [0, 0.1) is 5.92 Å². The number of aliphatic hydroxyl groups excluding tert-OH is 3. The van der Waals surface area contributed by atoms with Gasteiger partial charge in [-0.1, -0.05) is 44.2 Å². The molecular formula is C23H36O6. The Kier molecular flexibility index (Phi) is 10.00. The largest absolute Gasteiger partial charge is 0.456 e. The summed E-state index contributed by atoms with van der Waals surface area (Å²) >= 11 is 0. The fourth-order valence-electron chi connectivity index (χ4n) is 3.16. The predicted molar refractivity (Wildman–Crippen MR) is 113 cm³/mol. The van der Waals surface area contributed by atoms with Gasteiger partial charge in [0.1, 0.15) is 11.9 Å². The number of carbonyl (C=O) groups is 1. The van der Waals surface area contributed by atoms with Gasteiger partial charge in [0.15, 0.2) is 0 Å². The first-order chi connectivity index (χ1) is 13.5. The summed E-state index contributed by atoms with van der Waals surface area (Å²) in [5.41, 5.74) is 1.20. The number of aliphatic hydroxyl groups is 4. The summed E-state index contributed by atoms with van der Waals surface area (Å²) in [6.07, 6.45) is 9.12. The maximum absolute atomic E-state index is 12.1. The molecule has 0 bridgehead atoms. The molecule has 4 N–H and O–H groups in total. The van der Waals surface area contributed by atoms with Crippen LogP contribution in [0.1, 0.15) is 60.3 Å². The predicted octanol–water partition coefficient (Wildman–Crippen LogP) is 2.93. The zero-order valence-corrected chi connectivity index (χ0v) is 18.1. The molecule has 1 rings (SSSR count). The minimum absolute atomic E-state index is 0.00710. The Morgan fingerprint density at radius 2 is 1.86 bits per heavy atom. The zero-order valence-electron chi connectivity index (χ0n) is 18.1. The molecule has 164 valence electrons. The monoisotopic (exact) mass is 408 g/mol. The Balaban J connectivity index is 2.45. The molecule has 0 fully saturated rings. The van der Waals surface area contributed by atoms with Gasteiger partial charge in [0, 0.05) is 17.9 Å². The second-order valence-electron chi connectivity index (χ2n) is 7.76. The average molecular weight is 409 g/mol.